The minimum Gasteiger partial charge on any atom is -0.496 e. The molecule has 3 heteroatoms. The van der Waals surface area contributed by atoms with Crippen molar-refractivity contribution in [3.8, 4) is 5.75 Å². The smallest absolute Gasteiger partial charge is 0.165 e. The molecule has 1 heterocycles. The number of nitrogens with zero attached hydrogens (tertiary/aromatic N) is 1. The van der Waals surface area contributed by atoms with Gasteiger partial charge in [0.2, 0.25) is 0 Å². The van der Waals surface area contributed by atoms with Crippen molar-refractivity contribution in [2.75, 3.05) is 18.6 Å². The second kappa shape index (κ2) is 5.64. The first-order chi connectivity index (χ1) is 9.06. The van der Waals surface area contributed by atoms with Gasteiger partial charge >= 0.3 is 0 Å². The molecule has 0 spiro atoms. The average molecular weight is 261 g/mol. The summed E-state index contributed by atoms with van der Waals surface area (Å²) in [7, 11) is 1.62. The zero-order valence-corrected chi connectivity index (χ0v) is 12.3. The lowest BCUT2D eigenvalue weighted by Gasteiger charge is -2.31. The van der Waals surface area contributed by atoms with Gasteiger partial charge < -0.3 is 9.64 Å². The molecule has 2 rings (SSSR count). The van der Waals surface area contributed by atoms with Crippen molar-refractivity contribution in [3.63, 3.8) is 0 Å². The van der Waals surface area contributed by atoms with Gasteiger partial charge in [-0.25, -0.2) is 0 Å². The Hall–Kier alpha value is -1.51. The lowest BCUT2D eigenvalue weighted by Crippen LogP contribution is -2.34. The van der Waals surface area contributed by atoms with E-state index in [1.54, 1.807) is 14.0 Å². The van der Waals surface area contributed by atoms with Crippen LogP contribution in [0, 0.1) is 5.92 Å². The molecule has 1 unspecified atom stereocenters. The van der Waals surface area contributed by atoms with E-state index < -0.39 is 0 Å². The van der Waals surface area contributed by atoms with Gasteiger partial charge in [0.25, 0.3) is 0 Å². The van der Waals surface area contributed by atoms with Gasteiger partial charge in [-0.05, 0) is 37.8 Å². The van der Waals surface area contributed by atoms with Crippen molar-refractivity contribution in [3.05, 3.63) is 23.8 Å². The summed E-state index contributed by atoms with van der Waals surface area (Å²) in [6.07, 6.45) is 2.39. The number of ketones is 1. The molecule has 0 aliphatic carbocycles. The Kier molecular flexibility index (Phi) is 4.13. The number of hydrogen-bond acceptors (Lipinski definition) is 3. The molecule has 0 amide bonds. The van der Waals surface area contributed by atoms with Crippen LogP contribution in [0.3, 0.4) is 0 Å². The monoisotopic (exact) mass is 261 g/mol. The lowest BCUT2D eigenvalue weighted by atomic mass is 10.00. The number of methoxy groups -OCH3 is 1. The van der Waals surface area contributed by atoms with E-state index in [4.69, 9.17) is 4.74 Å². The molecule has 1 aromatic carbocycles. The van der Waals surface area contributed by atoms with E-state index in [9.17, 15) is 4.79 Å². The number of anilines is 1. The van der Waals surface area contributed by atoms with Gasteiger partial charge in [0.05, 0.1) is 18.4 Å². The fraction of sp³-hybridized carbons (Fsp3) is 0.562. The molecule has 19 heavy (non-hydrogen) atoms. The van der Waals surface area contributed by atoms with Gasteiger partial charge in [0, 0.05) is 12.6 Å². The fourth-order valence-electron chi connectivity index (χ4n) is 3.07. The number of benzene rings is 1. The maximum Gasteiger partial charge on any atom is 0.165 e. The van der Waals surface area contributed by atoms with Crippen molar-refractivity contribution in [1.29, 1.82) is 0 Å². The zero-order chi connectivity index (χ0) is 14.0. The van der Waals surface area contributed by atoms with Crippen molar-refractivity contribution in [2.45, 2.75) is 39.7 Å². The maximum absolute atomic E-state index is 12.0. The quantitative estimate of drug-likeness (QED) is 0.777. The van der Waals surface area contributed by atoms with Crippen LogP contribution in [0.25, 0.3) is 0 Å². The molecule has 104 valence electrons. The van der Waals surface area contributed by atoms with Crippen LogP contribution in [-0.4, -0.2) is 25.5 Å². The summed E-state index contributed by atoms with van der Waals surface area (Å²) in [5.74, 6) is 1.34. The standard InChI is InChI=1S/C16H23NO2/c1-11(2)13-8-6-10-17(13)14-7-5-9-15(19-4)16(14)12(3)18/h5,7,9,11,13H,6,8,10H2,1-4H3. The number of rotatable bonds is 4. The molecule has 1 aliphatic rings. The molecule has 1 aliphatic heterocycles. The Labute approximate surface area is 115 Å². The Morgan fingerprint density at radius 1 is 1.42 bits per heavy atom. The lowest BCUT2D eigenvalue weighted by molar-refractivity contribution is 0.101. The predicted octanol–water partition coefficient (Wildman–Crippen LogP) is 3.52. The van der Waals surface area contributed by atoms with Gasteiger partial charge in [-0.2, -0.15) is 0 Å². The van der Waals surface area contributed by atoms with Gasteiger partial charge in [-0.15, -0.1) is 0 Å². The second-order valence-electron chi connectivity index (χ2n) is 5.56. The Bertz CT molecular complexity index is 468. The summed E-state index contributed by atoms with van der Waals surface area (Å²) in [6.45, 7) is 7.13. The van der Waals surface area contributed by atoms with E-state index >= 15 is 0 Å². The number of ether oxygens (including phenoxy) is 1. The first kappa shape index (κ1) is 13.9. The van der Waals surface area contributed by atoms with Crippen LogP contribution in [0.2, 0.25) is 0 Å². The third-order valence-electron chi connectivity index (χ3n) is 3.95. The highest BCUT2D eigenvalue weighted by Crippen LogP contribution is 2.36. The van der Waals surface area contributed by atoms with Gasteiger partial charge in [-0.1, -0.05) is 19.9 Å². The van der Waals surface area contributed by atoms with E-state index in [-0.39, 0.29) is 5.78 Å². The van der Waals surface area contributed by atoms with Crippen LogP contribution in [-0.2, 0) is 0 Å². The van der Waals surface area contributed by atoms with Crippen molar-refractivity contribution in [2.24, 2.45) is 5.92 Å². The Morgan fingerprint density at radius 3 is 2.74 bits per heavy atom. The summed E-state index contributed by atoms with van der Waals surface area (Å²) in [6, 6.07) is 6.39. The molecule has 0 bridgehead atoms. The normalized spacial score (nSPS) is 19.0. The molecular weight excluding hydrogens is 238 g/mol. The van der Waals surface area contributed by atoms with Gasteiger partial charge in [0.15, 0.2) is 5.78 Å². The summed E-state index contributed by atoms with van der Waals surface area (Å²) in [4.78, 5) is 14.4. The zero-order valence-electron chi connectivity index (χ0n) is 12.3. The highest BCUT2D eigenvalue weighted by atomic mass is 16.5. The largest absolute Gasteiger partial charge is 0.496 e. The Balaban J connectivity index is 2.47. The summed E-state index contributed by atoms with van der Waals surface area (Å²) in [5, 5.41) is 0. The number of carbonyl (C=O) groups excluding carboxylic acids is 1. The van der Waals surface area contributed by atoms with Crippen LogP contribution in [0.15, 0.2) is 18.2 Å². The molecule has 0 saturated carbocycles. The maximum atomic E-state index is 12.0. The van der Waals surface area contributed by atoms with Crippen molar-refractivity contribution in [1.82, 2.24) is 0 Å². The van der Waals surface area contributed by atoms with Crippen LogP contribution in [0.5, 0.6) is 5.75 Å². The van der Waals surface area contributed by atoms with Crippen LogP contribution in [0.4, 0.5) is 5.69 Å². The number of carbonyl (C=O) groups is 1. The minimum absolute atomic E-state index is 0.0712. The number of Topliss-reactive ketones (excluding diaryl/α,β-unsaturated/α-hetero) is 1. The molecule has 0 N–H and O–H groups in total. The first-order valence-electron chi connectivity index (χ1n) is 7.00. The van der Waals surface area contributed by atoms with Crippen LogP contribution in [0.1, 0.15) is 44.0 Å². The average Bonchev–Trinajstić information content (AvgIpc) is 2.86. The van der Waals surface area contributed by atoms with Crippen molar-refractivity contribution >= 4 is 11.5 Å². The van der Waals surface area contributed by atoms with E-state index in [2.05, 4.69) is 18.7 Å². The molecule has 3 nitrogen and oxygen atoms in total. The minimum atomic E-state index is 0.0712. The van der Waals surface area contributed by atoms with E-state index in [0.717, 1.165) is 17.8 Å². The number of hydrogen-bond donors (Lipinski definition) is 0. The first-order valence-corrected chi connectivity index (χ1v) is 7.00. The molecule has 1 atom stereocenters. The molecule has 1 aromatic rings. The second-order valence-corrected chi connectivity index (χ2v) is 5.56. The third kappa shape index (κ3) is 2.60. The van der Waals surface area contributed by atoms with E-state index in [1.807, 2.05) is 18.2 Å². The fourth-order valence-corrected chi connectivity index (χ4v) is 3.07. The highest BCUT2D eigenvalue weighted by molar-refractivity contribution is 6.02. The summed E-state index contributed by atoms with van der Waals surface area (Å²) >= 11 is 0. The van der Waals surface area contributed by atoms with E-state index in [1.165, 1.54) is 12.8 Å². The molecular formula is C16H23NO2. The molecule has 1 fully saturated rings. The van der Waals surface area contributed by atoms with Gasteiger partial charge in [0.1, 0.15) is 5.75 Å². The van der Waals surface area contributed by atoms with Crippen LogP contribution >= 0.6 is 0 Å². The van der Waals surface area contributed by atoms with E-state index in [0.29, 0.717) is 17.7 Å². The molecule has 1 saturated heterocycles. The summed E-state index contributed by atoms with van der Waals surface area (Å²) in [5.41, 5.74) is 1.75. The van der Waals surface area contributed by atoms with Gasteiger partial charge in [-0.3, -0.25) is 4.79 Å². The topological polar surface area (TPSA) is 29.5 Å². The predicted molar refractivity (Wildman–Crippen MR) is 78.2 cm³/mol. The SMILES string of the molecule is COc1cccc(N2CCCC2C(C)C)c1C(C)=O. The third-order valence-corrected chi connectivity index (χ3v) is 3.95. The highest BCUT2D eigenvalue weighted by Gasteiger charge is 2.30. The Morgan fingerprint density at radius 2 is 2.16 bits per heavy atom. The summed E-state index contributed by atoms with van der Waals surface area (Å²) < 4.78 is 5.36. The molecule has 0 aromatic heterocycles. The van der Waals surface area contributed by atoms with Crippen molar-refractivity contribution < 1.29 is 9.53 Å². The van der Waals surface area contributed by atoms with Crippen LogP contribution < -0.4 is 9.64 Å². The molecule has 0 radical (unpaired) electrons.